The van der Waals surface area contributed by atoms with Crippen molar-refractivity contribution in [3.05, 3.63) is 28.7 Å². The van der Waals surface area contributed by atoms with Crippen LogP contribution in [0.15, 0.2) is 11.6 Å². The summed E-state index contributed by atoms with van der Waals surface area (Å²) >= 11 is 0. The van der Waals surface area contributed by atoms with Crippen molar-refractivity contribution < 1.29 is 4.79 Å². The van der Waals surface area contributed by atoms with Crippen LogP contribution >= 0.6 is 0 Å². The molecule has 2 aliphatic heterocycles. The number of hydrogen-bond acceptors (Lipinski definition) is 5. The summed E-state index contributed by atoms with van der Waals surface area (Å²) in [7, 11) is 4.24. The average molecular weight is 343 g/mol. The Morgan fingerprint density at radius 3 is 2.60 bits per heavy atom. The number of likely N-dealkylation sites (N-methyl/N-ethyl adjacent to an activating group) is 1. The molecule has 1 amide bonds. The van der Waals surface area contributed by atoms with E-state index in [2.05, 4.69) is 48.8 Å². The van der Waals surface area contributed by atoms with Gasteiger partial charge in [0.25, 0.3) is 5.91 Å². The second kappa shape index (κ2) is 7.12. The van der Waals surface area contributed by atoms with E-state index in [1.807, 2.05) is 11.8 Å². The molecule has 3 heterocycles. The zero-order valence-electron chi connectivity index (χ0n) is 16.0. The maximum Gasteiger partial charge on any atom is 0.292 e. The summed E-state index contributed by atoms with van der Waals surface area (Å²) in [4.78, 5) is 28.5. The molecule has 0 N–H and O–H groups in total. The summed E-state index contributed by atoms with van der Waals surface area (Å²) in [6.07, 6.45) is 4.23. The Bertz CT molecular complexity index is 697. The number of rotatable bonds is 3. The van der Waals surface area contributed by atoms with Crippen molar-refractivity contribution in [2.45, 2.75) is 39.7 Å². The Kier molecular flexibility index (Phi) is 5.08. The average Bonchev–Trinajstić information content (AvgIpc) is 3.06. The fourth-order valence-electron chi connectivity index (χ4n) is 3.60. The van der Waals surface area contributed by atoms with Crippen LogP contribution in [0.5, 0.6) is 0 Å². The molecular weight excluding hydrogens is 314 g/mol. The van der Waals surface area contributed by atoms with E-state index >= 15 is 0 Å². The van der Waals surface area contributed by atoms with Crippen molar-refractivity contribution >= 4 is 11.7 Å². The molecule has 2 aliphatic rings. The van der Waals surface area contributed by atoms with Crippen molar-refractivity contribution in [1.82, 2.24) is 19.8 Å². The van der Waals surface area contributed by atoms with Gasteiger partial charge in [-0.05, 0) is 47.7 Å². The van der Waals surface area contributed by atoms with Gasteiger partial charge in [-0.25, -0.2) is 9.97 Å². The van der Waals surface area contributed by atoms with Crippen LogP contribution < -0.4 is 4.90 Å². The van der Waals surface area contributed by atoms with Crippen LogP contribution in [0.2, 0.25) is 0 Å². The van der Waals surface area contributed by atoms with E-state index in [4.69, 9.17) is 4.98 Å². The predicted octanol–water partition coefficient (Wildman–Crippen LogP) is 2.03. The number of nitrogens with zero attached hydrogens (tertiary/aromatic N) is 5. The molecule has 1 aromatic rings. The van der Waals surface area contributed by atoms with Gasteiger partial charge in [0.15, 0.2) is 0 Å². The highest BCUT2D eigenvalue weighted by molar-refractivity contribution is 5.91. The zero-order chi connectivity index (χ0) is 18.1. The molecule has 136 valence electrons. The fourth-order valence-corrected chi connectivity index (χ4v) is 3.60. The van der Waals surface area contributed by atoms with Gasteiger partial charge in [-0.1, -0.05) is 11.6 Å². The smallest absolute Gasteiger partial charge is 0.292 e. The molecule has 3 rings (SSSR count). The lowest BCUT2D eigenvalue weighted by Crippen LogP contribution is -2.37. The maximum atomic E-state index is 12.9. The summed E-state index contributed by atoms with van der Waals surface area (Å²) in [5.41, 5.74) is 3.20. The van der Waals surface area contributed by atoms with E-state index in [0.717, 1.165) is 49.6 Å². The Balaban J connectivity index is 1.86. The van der Waals surface area contributed by atoms with Gasteiger partial charge in [0.05, 0.1) is 0 Å². The summed E-state index contributed by atoms with van der Waals surface area (Å²) < 4.78 is 0. The van der Waals surface area contributed by atoms with Crippen LogP contribution in [0.25, 0.3) is 0 Å². The maximum absolute atomic E-state index is 12.9. The van der Waals surface area contributed by atoms with Gasteiger partial charge in [0.2, 0.25) is 5.82 Å². The van der Waals surface area contributed by atoms with E-state index in [1.54, 1.807) is 0 Å². The number of carbonyl (C=O) groups excluding carboxylic acids is 1. The number of amides is 1. The largest absolute Gasteiger partial charge is 0.355 e. The van der Waals surface area contributed by atoms with Gasteiger partial charge in [0.1, 0.15) is 5.82 Å². The van der Waals surface area contributed by atoms with Crippen molar-refractivity contribution in [3.63, 3.8) is 0 Å². The third kappa shape index (κ3) is 3.68. The molecule has 0 unspecified atom stereocenters. The topological polar surface area (TPSA) is 52.6 Å². The molecule has 0 spiro atoms. The highest BCUT2D eigenvalue weighted by Gasteiger charge is 2.28. The van der Waals surface area contributed by atoms with Crippen LogP contribution in [0.3, 0.4) is 0 Å². The number of aromatic nitrogens is 2. The monoisotopic (exact) mass is 343 g/mol. The zero-order valence-corrected chi connectivity index (χ0v) is 16.0. The lowest BCUT2D eigenvalue weighted by atomic mass is 10.1. The van der Waals surface area contributed by atoms with Crippen molar-refractivity contribution in [1.29, 1.82) is 0 Å². The molecule has 0 aliphatic carbocycles. The van der Waals surface area contributed by atoms with Crippen molar-refractivity contribution in [2.24, 2.45) is 0 Å². The molecule has 25 heavy (non-hydrogen) atoms. The molecule has 6 heteroatoms. The first-order valence-corrected chi connectivity index (χ1v) is 9.08. The van der Waals surface area contributed by atoms with E-state index in [9.17, 15) is 4.79 Å². The highest BCUT2D eigenvalue weighted by atomic mass is 16.2. The van der Waals surface area contributed by atoms with Crippen LogP contribution in [-0.2, 0) is 0 Å². The third-order valence-electron chi connectivity index (χ3n) is 5.37. The molecule has 0 radical (unpaired) electrons. The first-order valence-electron chi connectivity index (χ1n) is 9.08. The molecule has 0 bridgehead atoms. The van der Waals surface area contributed by atoms with Crippen LogP contribution in [-0.4, -0.2) is 72.0 Å². The molecule has 1 fully saturated rings. The number of aryl methyl sites for hydroxylation is 1. The fraction of sp³-hybridized carbons (Fsp3) is 0.632. The second-order valence-corrected chi connectivity index (χ2v) is 7.50. The lowest BCUT2D eigenvalue weighted by molar-refractivity contribution is 0.0753. The van der Waals surface area contributed by atoms with Gasteiger partial charge in [-0.3, -0.25) is 4.79 Å². The molecular formula is C19H29N5O. The van der Waals surface area contributed by atoms with Gasteiger partial charge in [-0.15, -0.1) is 0 Å². The minimum Gasteiger partial charge on any atom is -0.355 e. The summed E-state index contributed by atoms with van der Waals surface area (Å²) in [5.74, 6) is 1.20. The highest BCUT2D eigenvalue weighted by Crippen LogP contribution is 2.25. The quantitative estimate of drug-likeness (QED) is 0.786. The van der Waals surface area contributed by atoms with Gasteiger partial charge >= 0.3 is 0 Å². The Labute approximate surface area is 150 Å². The first-order chi connectivity index (χ1) is 11.9. The normalized spacial score (nSPS) is 21.0. The minimum absolute atomic E-state index is 0.0554. The van der Waals surface area contributed by atoms with E-state index in [-0.39, 0.29) is 5.91 Å². The van der Waals surface area contributed by atoms with Crippen molar-refractivity contribution in [2.75, 3.05) is 45.2 Å². The molecule has 6 nitrogen and oxygen atoms in total. The first kappa shape index (κ1) is 17.9. The number of anilines is 1. The molecule has 0 aromatic carbocycles. The third-order valence-corrected chi connectivity index (χ3v) is 5.37. The van der Waals surface area contributed by atoms with E-state index in [0.29, 0.717) is 18.4 Å². The van der Waals surface area contributed by atoms with Gasteiger partial charge < -0.3 is 14.7 Å². The second-order valence-electron chi connectivity index (χ2n) is 7.50. The van der Waals surface area contributed by atoms with E-state index < -0.39 is 0 Å². The molecule has 1 atom stereocenters. The lowest BCUT2D eigenvalue weighted by Gasteiger charge is -2.27. The molecule has 0 saturated carbocycles. The SMILES string of the molecule is CC1=CCCN(C(=O)c2nc(C)c(C)c(N3CC[C@@H](N(C)C)C3)n2)C1. The Hall–Kier alpha value is -1.95. The predicted molar refractivity (Wildman–Crippen MR) is 100 cm³/mol. The summed E-state index contributed by atoms with van der Waals surface area (Å²) in [5, 5.41) is 0. The van der Waals surface area contributed by atoms with E-state index in [1.165, 1.54) is 5.57 Å². The standard InChI is InChI=1S/C19H29N5O/c1-13-7-6-9-24(11-13)19(25)17-20-15(3)14(2)18(21-17)23-10-8-16(12-23)22(4)5/h7,16H,6,8-12H2,1-5H3/t16-/m1/s1. The van der Waals surface area contributed by atoms with Crippen LogP contribution in [0.1, 0.15) is 41.6 Å². The molecule has 1 saturated heterocycles. The van der Waals surface area contributed by atoms with Crippen LogP contribution in [0, 0.1) is 13.8 Å². The Morgan fingerprint density at radius 2 is 1.96 bits per heavy atom. The summed E-state index contributed by atoms with van der Waals surface area (Å²) in [6.45, 7) is 9.43. The Morgan fingerprint density at radius 1 is 1.20 bits per heavy atom. The minimum atomic E-state index is -0.0554. The van der Waals surface area contributed by atoms with Crippen molar-refractivity contribution in [3.8, 4) is 0 Å². The van der Waals surface area contributed by atoms with Gasteiger partial charge in [-0.2, -0.15) is 0 Å². The molecule has 1 aromatic heterocycles. The van der Waals surface area contributed by atoms with Gasteiger partial charge in [0, 0.05) is 43.5 Å². The number of carbonyl (C=O) groups is 1. The summed E-state index contributed by atoms with van der Waals surface area (Å²) in [6, 6.07) is 0.531. The number of hydrogen-bond donors (Lipinski definition) is 0. The van der Waals surface area contributed by atoms with Crippen LogP contribution in [0.4, 0.5) is 5.82 Å².